The molecule has 0 amide bonds. The molecule has 2 aliphatic heterocycles. The first kappa shape index (κ1) is 17.5. The van der Waals surface area contributed by atoms with Crippen molar-refractivity contribution in [3.8, 4) is 0 Å². The third-order valence-corrected chi connectivity index (χ3v) is 7.84. The molecule has 0 fully saturated rings. The lowest BCUT2D eigenvalue weighted by Gasteiger charge is -2.51. The van der Waals surface area contributed by atoms with E-state index in [1.54, 1.807) is 0 Å². The smallest absolute Gasteiger partial charge is 0.335 e. The summed E-state index contributed by atoms with van der Waals surface area (Å²) in [6, 6.07) is 13.0. The number of carboxylic acids is 1. The highest BCUT2D eigenvalue weighted by Gasteiger charge is 2.47. The van der Waals surface area contributed by atoms with Crippen LogP contribution in [0.5, 0.6) is 0 Å². The third-order valence-electron chi connectivity index (χ3n) is 7.31. The van der Waals surface area contributed by atoms with E-state index in [9.17, 15) is 9.90 Å². The van der Waals surface area contributed by atoms with Gasteiger partial charge in [-0.05, 0) is 65.6 Å². The zero-order valence-electron chi connectivity index (χ0n) is 16.0. The molecular weight excluding hydrogens is 426 g/mol. The van der Waals surface area contributed by atoms with Gasteiger partial charge in [0, 0.05) is 28.5 Å². The highest BCUT2D eigenvalue weighted by atomic mass is 79.9. The Balaban J connectivity index is 1.59. The fourth-order valence-corrected chi connectivity index (χ4v) is 6.39. The molecule has 3 nitrogen and oxygen atoms in total. The Morgan fingerprint density at radius 2 is 1.79 bits per heavy atom. The fraction of sp³-hybridized carbons (Fsp3) is 0.320. The maximum Gasteiger partial charge on any atom is 0.335 e. The largest absolute Gasteiger partial charge is 0.478 e. The Labute approximate surface area is 178 Å². The normalized spacial score (nSPS) is 30.8. The van der Waals surface area contributed by atoms with E-state index >= 15 is 0 Å². The first-order chi connectivity index (χ1) is 14.1. The van der Waals surface area contributed by atoms with E-state index in [1.807, 2.05) is 12.1 Å². The number of halogens is 1. The number of anilines is 1. The van der Waals surface area contributed by atoms with Crippen LogP contribution in [-0.4, -0.2) is 17.6 Å². The minimum atomic E-state index is -0.822. The van der Waals surface area contributed by atoms with Crippen LogP contribution in [0.25, 0.3) is 0 Å². The number of nitrogens with zero attached hydrogens (tertiary/aromatic N) is 1. The number of hydrogen-bond donors (Lipinski definition) is 1. The van der Waals surface area contributed by atoms with E-state index in [-0.39, 0.29) is 0 Å². The first-order valence-electron chi connectivity index (χ1n) is 10.4. The Morgan fingerprint density at radius 3 is 2.59 bits per heavy atom. The molecule has 2 aromatic rings. The lowest BCUT2D eigenvalue weighted by Crippen LogP contribution is -2.46. The quantitative estimate of drug-likeness (QED) is 0.570. The highest BCUT2D eigenvalue weighted by molar-refractivity contribution is 9.10. The number of carbonyl (C=O) groups is 1. The number of allylic oxidation sites excluding steroid dienone is 3. The van der Waals surface area contributed by atoms with Gasteiger partial charge in [0.25, 0.3) is 0 Å². The molecule has 0 saturated carbocycles. The molecule has 0 saturated heterocycles. The minimum Gasteiger partial charge on any atom is -0.478 e. The Bertz CT molecular complexity index is 1070. The summed E-state index contributed by atoms with van der Waals surface area (Å²) in [5.74, 6) is 0.786. The second kappa shape index (κ2) is 6.33. The molecule has 29 heavy (non-hydrogen) atoms. The molecule has 4 heteroatoms. The highest BCUT2D eigenvalue weighted by Crippen LogP contribution is 2.58. The van der Waals surface area contributed by atoms with Crippen molar-refractivity contribution in [2.45, 2.75) is 30.7 Å². The predicted molar refractivity (Wildman–Crippen MR) is 118 cm³/mol. The summed E-state index contributed by atoms with van der Waals surface area (Å²) in [5.41, 5.74) is 5.55. The van der Waals surface area contributed by atoms with E-state index in [4.69, 9.17) is 0 Å². The summed E-state index contributed by atoms with van der Waals surface area (Å²) in [5, 5.41) is 9.78. The van der Waals surface area contributed by atoms with Crippen molar-refractivity contribution < 1.29 is 9.90 Å². The third kappa shape index (κ3) is 2.51. The molecule has 0 aromatic heterocycles. The van der Waals surface area contributed by atoms with E-state index in [2.05, 4.69) is 69.4 Å². The number of benzene rings is 2. The van der Waals surface area contributed by atoms with Crippen molar-refractivity contribution in [1.82, 2.24) is 0 Å². The van der Waals surface area contributed by atoms with Crippen molar-refractivity contribution >= 4 is 27.6 Å². The van der Waals surface area contributed by atoms with Crippen LogP contribution in [0.2, 0.25) is 0 Å². The van der Waals surface area contributed by atoms with Gasteiger partial charge in [0.15, 0.2) is 0 Å². The van der Waals surface area contributed by atoms with Gasteiger partial charge < -0.3 is 10.0 Å². The lowest BCUT2D eigenvalue weighted by molar-refractivity contribution is 0.0696. The van der Waals surface area contributed by atoms with E-state index in [0.717, 1.165) is 23.9 Å². The second-order valence-corrected chi connectivity index (χ2v) is 9.67. The maximum absolute atomic E-state index is 11.9. The Hall–Kier alpha value is -2.33. The predicted octanol–water partition coefficient (Wildman–Crippen LogP) is 6.04. The van der Waals surface area contributed by atoms with Crippen LogP contribution in [0.4, 0.5) is 5.69 Å². The van der Waals surface area contributed by atoms with Crippen molar-refractivity contribution in [3.63, 3.8) is 0 Å². The van der Waals surface area contributed by atoms with Crippen LogP contribution < -0.4 is 4.90 Å². The van der Waals surface area contributed by atoms with Gasteiger partial charge in [-0.1, -0.05) is 52.4 Å². The van der Waals surface area contributed by atoms with Gasteiger partial charge in [-0.25, -0.2) is 4.79 Å². The fourth-order valence-electron chi connectivity index (χ4n) is 6.12. The van der Waals surface area contributed by atoms with Crippen molar-refractivity contribution in [2.24, 2.45) is 11.8 Å². The molecule has 2 heterocycles. The summed E-state index contributed by atoms with van der Waals surface area (Å²) >= 11 is 3.57. The molecule has 146 valence electrons. The summed E-state index contributed by atoms with van der Waals surface area (Å²) in [6.07, 6.45) is 11.3. The first-order valence-corrected chi connectivity index (χ1v) is 11.2. The molecule has 2 aliphatic carbocycles. The number of hydrogen-bond acceptors (Lipinski definition) is 2. The van der Waals surface area contributed by atoms with Crippen LogP contribution in [-0.2, 0) is 0 Å². The van der Waals surface area contributed by atoms with Crippen LogP contribution in [0.1, 0.15) is 57.8 Å². The lowest BCUT2D eigenvalue weighted by atomic mass is 9.70. The maximum atomic E-state index is 11.9. The summed E-state index contributed by atoms with van der Waals surface area (Å²) in [7, 11) is 0. The molecule has 0 bridgehead atoms. The van der Waals surface area contributed by atoms with Crippen LogP contribution >= 0.6 is 15.9 Å². The molecule has 0 spiro atoms. The average molecular weight is 448 g/mol. The molecule has 2 aromatic carbocycles. The average Bonchev–Trinajstić information content (AvgIpc) is 3.38. The molecule has 0 radical (unpaired) electrons. The van der Waals surface area contributed by atoms with Crippen LogP contribution in [0.3, 0.4) is 0 Å². The molecule has 5 atom stereocenters. The zero-order valence-corrected chi connectivity index (χ0v) is 17.5. The molecular formula is C25H22BrNO2. The number of carboxylic acid groups (broad SMARTS) is 1. The molecule has 4 aliphatic rings. The van der Waals surface area contributed by atoms with Crippen molar-refractivity contribution in [3.05, 3.63) is 87.4 Å². The van der Waals surface area contributed by atoms with E-state index in [1.165, 1.54) is 22.4 Å². The van der Waals surface area contributed by atoms with Gasteiger partial charge in [0.05, 0.1) is 11.6 Å². The molecule has 5 unspecified atom stereocenters. The van der Waals surface area contributed by atoms with Gasteiger partial charge in [-0.3, -0.25) is 0 Å². The van der Waals surface area contributed by atoms with Gasteiger partial charge in [0.1, 0.15) is 0 Å². The topological polar surface area (TPSA) is 40.5 Å². The number of fused-ring (bicyclic) bond motifs is 4. The SMILES string of the molecule is O=C(O)c1cc2c3c(c1)C1CC=CC1C(c1ccc(Br)cc1)N3CC1CC=CC21. The summed E-state index contributed by atoms with van der Waals surface area (Å²) in [6.45, 7) is 1.03. The minimum absolute atomic E-state index is 0.301. The van der Waals surface area contributed by atoms with Gasteiger partial charge in [-0.15, -0.1) is 0 Å². The van der Waals surface area contributed by atoms with E-state index in [0.29, 0.717) is 35.3 Å². The molecule has 1 N–H and O–H groups in total. The van der Waals surface area contributed by atoms with Crippen LogP contribution in [0.15, 0.2) is 65.2 Å². The van der Waals surface area contributed by atoms with Gasteiger partial charge in [0.2, 0.25) is 0 Å². The standard InChI is InChI=1S/C25H22BrNO2/c26-17-9-7-14(8-10-17)23-20-6-2-5-19(20)22-12-16(25(28)29)11-21-18-4-1-3-15(18)13-27(23)24(21)22/h1-2,4,6-12,15,18-20,23H,3,5,13H2,(H,28,29). The summed E-state index contributed by atoms with van der Waals surface area (Å²) in [4.78, 5) is 14.5. The van der Waals surface area contributed by atoms with E-state index < -0.39 is 5.97 Å². The molecule has 6 rings (SSSR count). The van der Waals surface area contributed by atoms with Gasteiger partial charge >= 0.3 is 5.97 Å². The van der Waals surface area contributed by atoms with Gasteiger partial charge in [-0.2, -0.15) is 0 Å². The van der Waals surface area contributed by atoms with Crippen LogP contribution in [0, 0.1) is 11.8 Å². The number of rotatable bonds is 2. The second-order valence-electron chi connectivity index (χ2n) is 8.75. The van der Waals surface area contributed by atoms with Crippen molar-refractivity contribution in [1.29, 1.82) is 0 Å². The summed E-state index contributed by atoms with van der Waals surface area (Å²) < 4.78 is 1.10. The Kier molecular flexibility index (Phi) is 3.83. The monoisotopic (exact) mass is 447 g/mol. The Morgan fingerprint density at radius 1 is 1.03 bits per heavy atom. The number of aromatic carboxylic acids is 1. The van der Waals surface area contributed by atoms with Crippen molar-refractivity contribution in [2.75, 3.05) is 11.4 Å². The zero-order chi connectivity index (χ0) is 19.7.